The molecule has 0 aromatic heterocycles. The molecule has 5 nitrogen and oxygen atoms in total. The predicted octanol–water partition coefficient (Wildman–Crippen LogP) is 3.68. The lowest BCUT2D eigenvalue weighted by molar-refractivity contribution is -0.125. The van der Waals surface area contributed by atoms with Crippen LogP contribution in [-0.2, 0) is 14.3 Å². The van der Waals surface area contributed by atoms with Crippen LogP contribution >= 0.6 is 0 Å². The van der Waals surface area contributed by atoms with Crippen molar-refractivity contribution in [1.82, 2.24) is 0 Å². The fourth-order valence-electron chi connectivity index (χ4n) is 3.48. The highest BCUT2D eigenvalue weighted by atomic mass is 16.6. The lowest BCUT2D eigenvalue weighted by atomic mass is 10.0. The first-order valence-electron chi connectivity index (χ1n) is 9.00. The minimum Gasteiger partial charge on any atom is -0.455 e. The van der Waals surface area contributed by atoms with Crippen LogP contribution in [0.4, 0.5) is 0 Å². The van der Waals surface area contributed by atoms with Crippen molar-refractivity contribution < 1.29 is 23.9 Å². The molecule has 0 spiro atoms. The second-order valence-corrected chi connectivity index (χ2v) is 6.90. The second-order valence-electron chi connectivity index (χ2n) is 6.90. The second kappa shape index (κ2) is 8.16. The maximum atomic E-state index is 12.5. The van der Waals surface area contributed by atoms with Gasteiger partial charge in [0, 0.05) is 0 Å². The first-order valence-corrected chi connectivity index (χ1v) is 9.00. The zero-order valence-electron chi connectivity index (χ0n) is 15.3. The molecule has 4 atom stereocenters. The van der Waals surface area contributed by atoms with Crippen molar-refractivity contribution >= 4 is 17.7 Å². The predicted molar refractivity (Wildman–Crippen MR) is 99.2 cm³/mol. The van der Waals surface area contributed by atoms with Crippen LogP contribution in [0.2, 0.25) is 0 Å². The summed E-state index contributed by atoms with van der Waals surface area (Å²) in [5.74, 6) is -1.67. The highest BCUT2D eigenvalue weighted by Gasteiger charge is 2.48. The summed E-state index contributed by atoms with van der Waals surface area (Å²) in [4.78, 5) is 37.1. The summed E-state index contributed by atoms with van der Waals surface area (Å²) in [6, 6.07) is 17.2. The van der Waals surface area contributed by atoms with Gasteiger partial charge in [-0.15, -0.1) is 0 Å². The van der Waals surface area contributed by atoms with Gasteiger partial charge in [0.25, 0.3) is 0 Å². The molecular formula is C22H22O5. The van der Waals surface area contributed by atoms with E-state index < -0.39 is 30.1 Å². The van der Waals surface area contributed by atoms with Crippen molar-refractivity contribution in [2.24, 2.45) is 11.8 Å². The summed E-state index contributed by atoms with van der Waals surface area (Å²) >= 11 is 0. The first kappa shape index (κ1) is 18.8. The van der Waals surface area contributed by atoms with E-state index in [1.807, 2.05) is 13.0 Å². The summed E-state index contributed by atoms with van der Waals surface area (Å²) in [5, 5.41) is 0. The fraction of sp³-hybridized carbons (Fsp3) is 0.318. The molecule has 0 N–H and O–H groups in total. The molecule has 0 heterocycles. The van der Waals surface area contributed by atoms with Gasteiger partial charge in [0.2, 0.25) is 0 Å². The van der Waals surface area contributed by atoms with E-state index in [4.69, 9.17) is 9.47 Å². The van der Waals surface area contributed by atoms with Crippen LogP contribution in [0.5, 0.6) is 0 Å². The van der Waals surface area contributed by atoms with E-state index in [2.05, 4.69) is 0 Å². The largest absolute Gasteiger partial charge is 0.455 e. The van der Waals surface area contributed by atoms with Crippen molar-refractivity contribution in [3.63, 3.8) is 0 Å². The number of carbonyl (C=O) groups excluding carboxylic acids is 3. The number of benzene rings is 2. The smallest absolute Gasteiger partial charge is 0.338 e. The molecule has 140 valence electrons. The van der Waals surface area contributed by atoms with Gasteiger partial charge >= 0.3 is 11.9 Å². The summed E-state index contributed by atoms with van der Waals surface area (Å²) in [7, 11) is 0. The van der Waals surface area contributed by atoms with Gasteiger partial charge in [0.15, 0.2) is 0 Å². The van der Waals surface area contributed by atoms with Crippen LogP contribution in [0.3, 0.4) is 0 Å². The van der Waals surface area contributed by atoms with Gasteiger partial charge in [-0.05, 0) is 43.5 Å². The lowest BCUT2D eigenvalue weighted by Gasteiger charge is -2.25. The monoisotopic (exact) mass is 366 g/mol. The van der Waals surface area contributed by atoms with Crippen LogP contribution in [0.25, 0.3) is 0 Å². The Bertz CT molecular complexity index is 815. The molecule has 0 radical (unpaired) electrons. The van der Waals surface area contributed by atoms with Crippen molar-refractivity contribution in [2.45, 2.75) is 32.5 Å². The van der Waals surface area contributed by atoms with Crippen LogP contribution in [-0.4, -0.2) is 29.9 Å². The van der Waals surface area contributed by atoms with E-state index in [1.54, 1.807) is 54.6 Å². The molecule has 1 fully saturated rings. The van der Waals surface area contributed by atoms with Gasteiger partial charge in [-0.2, -0.15) is 0 Å². The third-order valence-corrected chi connectivity index (χ3v) is 4.93. The molecule has 2 aromatic carbocycles. The summed E-state index contributed by atoms with van der Waals surface area (Å²) in [6.45, 7) is 3.37. The number of hydrogen-bond donors (Lipinski definition) is 0. The third-order valence-electron chi connectivity index (χ3n) is 4.93. The Hall–Kier alpha value is -2.95. The van der Waals surface area contributed by atoms with Crippen molar-refractivity contribution in [2.75, 3.05) is 0 Å². The summed E-state index contributed by atoms with van der Waals surface area (Å²) in [6.07, 6.45) is -0.952. The molecule has 1 saturated carbocycles. The van der Waals surface area contributed by atoms with Crippen LogP contribution < -0.4 is 0 Å². The molecule has 0 amide bonds. The van der Waals surface area contributed by atoms with E-state index in [-0.39, 0.29) is 11.7 Å². The van der Waals surface area contributed by atoms with Gasteiger partial charge < -0.3 is 9.47 Å². The summed E-state index contributed by atoms with van der Waals surface area (Å²) < 4.78 is 11.3. The van der Waals surface area contributed by atoms with Gasteiger partial charge in [0.1, 0.15) is 18.0 Å². The third kappa shape index (κ3) is 4.25. The molecule has 1 aliphatic carbocycles. The number of ether oxygens (including phenoxy) is 2. The molecule has 0 bridgehead atoms. The topological polar surface area (TPSA) is 69.7 Å². The minimum absolute atomic E-state index is 0.0778. The number of esters is 2. The number of rotatable bonds is 5. The van der Waals surface area contributed by atoms with Gasteiger partial charge in [-0.1, -0.05) is 43.3 Å². The maximum Gasteiger partial charge on any atom is 0.338 e. The van der Waals surface area contributed by atoms with E-state index >= 15 is 0 Å². The van der Waals surface area contributed by atoms with Gasteiger partial charge in [-0.3, -0.25) is 4.79 Å². The van der Waals surface area contributed by atoms with Crippen molar-refractivity contribution in [1.29, 1.82) is 0 Å². The van der Waals surface area contributed by atoms with Crippen LogP contribution in [0, 0.1) is 11.8 Å². The lowest BCUT2D eigenvalue weighted by Crippen LogP contribution is -2.38. The Morgan fingerprint density at radius 1 is 0.778 bits per heavy atom. The maximum absolute atomic E-state index is 12.5. The fourth-order valence-corrected chi connectivity index (χ4v) is 3.48. The average molecular weight is 366 g/mol. The highest BCUT2D eigenvalue weighted by Crippen LogP contribution is 2.37. The molecule has 27 heavy (non-hydrogen) atoms. The zero-order chi connectivity index (χ0) is 19.4. The van der Waals surface area contributed by atoms with Crippen LogP contribution in [0.15, 0.2) is 60.7 Å². The molecular weight excluding hydrogens is 344 g/mol. The van der Waals surface area contributed by atoms with Crippen LogP contribution in [0.1, 0.15) is 41.0 Å². The van der Waals surface area contributed by atoms with Gasteiger partial charge in [-0.25, -0.2) is 9.59 Å². The molecule has 0 aliphatic heterocycles. The SMILES string of the molecule is CC(=O)C1CC(C)[C@H](OC(=O)c2ccccc2)[C@@H]1OC(=O)c1ccccc1. The Morgan fingerprint density at radius 2 is 1.22 bits per heavy atom. The van der Waals surface area contributed by atoms with E-state index in [0.29, 0.717) is 17.5 Å². The van der Waals surface area contributed by atoms with E-state index in [9.17, 15) is 14.4 Å². The Balaban J connectivity index is 1.80. The first-order chi connectivity index (χ1) is 13.0. The molecule has 2 unspecified atom stereocenters. The van der Waals surface area contributed by atoms with Crippen molar-refractivity contribution in [3.8, 4) is 0 Å². The number of Topliss-reactive ketones (excluding diaryl/α,β-unsaturated/α-hetero) is 1. The van der Waals surface area contributed by atoms with Gasteiger partial charge in [0.05, 0.1) is 17.0 Å². The number of carbonyl (C=O) groups is 3. The van der Waals surface area contributed by atoms with Crippen molar-refractivity contribution in [3.05, 3.63) is 71.8 Å². The Labute approximate surface area is 158 Å². The Morgan fingerprint density at radius 3 is 1.67 bits per heavy atom. The number of hydrogen-bond acceptors (Lipinski definition) is 5. The normalized spacial score (nSPS) is 24.2. The summed E-state index contributed by atoms with van der Waals surface area (Å²) in [5.41, 5.74) is 0.816. The molecule has 1 aliphatic rings. The minimum atomic E-state index is -0.794. The number of ketones is 1. The zero-order valence-corrected chi connectivity index (χ0v) is 15.3. The quantitative estimate of drug-likeness (QED) is 0.755. The molecule has 0 saturated heterocycles. The molecule has 3 rings (SSSR count). The average Bonchev–Trinajstić information content (AvgIpc) is 2.99. The van der Waals surface area contributed by atoms with E-state index in [1.165, 1.54) is 6.92 Å². The standard InChI is InChI=1S/C22H22O5/c1-14-13-18(15(2)23)20(27-22(25)17-11-7-4-8-12-17)19(14)26-21(24)16-9-5-3-6-10-16/h3-12,14,18-20H,13H2,1-2H3/t14?,18?,19-,20+/m0/s1. The molecule has 5 heteroatoms. The Kier molecular flexibility index (Phi) is 5.69. The highest BCUT2D eigenvalue weighted by molar-refractivity contribution is 5.91. The molecule has 2 aromatic rings. The van der Waals surface area contributed by atoms with E-state index in [0.717, 1.165) is 0 Å².